The number of hydrogen-bond donors (Lipinski definition) is 3. The Kier molecular flexibility index (Phi) is 4.88. The Balaban J connectivity index is 3.12. The zero-order valence-electron chi connectivity index (χ0n) is 6.26. The standard InChI is InChI=1S/C6H15N3O/c1-5(8)2-3-9-6(10)4-7/h5H,2-4,7-8H2,1H3,(H,9,10). The maximum Gasteiger partial charge on any atom is 0.233 e. The van der Waals surface area contributed by atoms with Crippen LogP contribution in [0.1, 0.15) is 13.3 Å². The van der Waals surface area contributed by atoms with E-state index in [2.05, 4.69) is 5.32 Å². The highest BCUT2D eigenvalue weighted by molar-refractivity contribution is 5.77. The Bertz CT molecular complexity index is 103. The monoisotopic (exact) mass is 145 g/mol. The highest BCUT2D eigenvalue weighted by Gasteiger charge is 1.96. The SMILES string of the molecule is CC(N)CCNC(=O)CN. The van der Waals surface area contributed by atoms with Crippen LogP contribution in [-0.2, 0) is 4.79 Å². The molecule has 0 spiro atoms. The van der Waals surface area contributed by atoms with Crippen molar-refractivity contribution in [2.75, 3.05) is 13.1 Å². The first kappa shape index (κ1) is 9.39. The van der Waals surface area contributed by atoms with Gasteiger partial charge in [0.05, 0.1) is 6.54 Å². The van der Waals surface area contributed by atoms with Crippen LogP contribution >= 0.6 is 0 Å². The van der Waals surface area contributed by atoms with E-state index in [0.717, 1.165) is 6.42 Å². The average Bonchev–Trinajstić information content (AvgIpc) is 1.87. The largest absolute Gasteiger partial charge is 0.355 e. The van der Waals surface area contributed by atoms with Crippen LogP contribution in [0.2, 0.25) is 0 Å². The molecule has 0 fully saturated rings. The molecule has 0 saturated carbocycles. The van der Waals surface area contributed by atoms with Gasteiger partial charge in [0.15, 0.2) is 0 Å². The minimum Gasteiger partial charge on any atom is -0.355 e. The van der Waals surface area contributed by atoms with Crippen LogP contribution in [-0.4, -0.2) is 25.0 Å². The molecule has 0 saturated heterocycles. The van der Waals surface area contributed by atoms with Gasteiger partial charge in [-0.25, -0.2) is 0 Å². The Morgan fingerprint density at radius 3 is 2.70 bits per heavy atom. The fourth-order valence-electron chi connectivity index (χ4n) is 0.511. The van der Waals surface area contributed by atoms with Gasteiger partial charge in [0.1, 0.15) is 0 Å². The van der Waals surface area contributed by atoms with Crippen molar-refractivity contribution in [3.63, 3.8) is 0 Å². The number of nitrogens with one attached hydrogen (secondary N) is 1. The van der Waals surface area contributed by atoms with Gasteiger partial charge in [-0.05, 0) is 13.3 Å². The minimum absolute atomic E-state index is 0.0545. The summed E-state index contributed by atoms with van der Waals surface area (Å²) >= 11 is 0. The van der Waals surface area contributed by atoms with Crippen LogP contribution in [0.15, 0.2) is 0 Å². The fraction of sp³-hybridized carbons (Fsp3) is 0.833. The molecule has 5 N–H and O–H groups in total. The summed E-state index contributed by atoms with van der Waals surface area (Å²) in [5.41, 5.74) is 10.5. The molecular formula is C6H15N3O. The van der Waals surface area contributed by atoms with Crippen LogP contribution in [0, 0.1) is 0 Å². The Morgan fingerprint density at radius 2 is 2.30 bits per heavy atom. The van der Waals surface area contributed by atoms with Gasteiger partial charge >= 0.3 is 0 Å². The van der Waals surface area contributed by atoms with Crippen LogP contribution < -0.4 is 16.8 Å². The molecule has 0 aromatic carbocycles. The summed E-state index contributed by atoms with van der Waals surface area (Å²) in [6.45, 7) is 2.57. The van der Waals surface area contributed by atoms with Crippen molar-refractivity contribution in [1.82, 2.24) is 5.32 Å². The first-order chi connectivity index (χ1) is 4.66. The second-order valence-corrected chi connectivity index (χ2v) is 2.32. The Labute approximate surface area is 61.0 Å². The van der Waals surface area contributed by atoms with E-state index in [9.17, 15) is 4.79 Å². The quantitative estimate of drug-likeness (QED) is 0.464. The zero-order valence-corrected chi connectivity index (χ0v) is 6.26. The Hall–Kier alpha value is -0.610. The van der Waals surface area contributed by atoms with Crippen LogP contribution in [0.3, 0.4) is 0 Å². The molecule has 10 heavy (non-hydrogen) atoms. The number of hydrogen-bond acceptors (Lipinski definition) is 3. The number of rotatable bonds is 4. The van der Waals surface area contributed by atoms with Crippen molar-refractivity contribution in [2.45, 2.75) is 19.4 Å². The maximum atomic E-state index is 10.5. The molecule has 0 aliphatic rings. The Morgan fingerprint density at radius 1 is 1.70 bits per heavy atom. The average molecular weight is 145 g/mol. The van der Waals surface area contributed by atoms with Gasteiger partial charge in [-0.2, -0.15) is 0 Å². The van der Waals surface area contributed by atoms with Gasteiger partial charge in [0.25, 0.3) is 0 Å². The van der Waals surface area contributed by atoms with Gasteiger partial charge < -0.3 is 16.8 Å². The van der Waals surface area contributed by atoms with Crippen molar-refractivity contribution >= 4 is 5.91 Å². The topological polar surface area (TPSA) is 81.1 Å². The molecule has 1 unspecified atom stereocenters. The third-order valence-electron chi connectivity index (χ3n) is 1.11. The molecule has 1 amide bonds. The van der Waals surface area contributed by atoms with E-state index < -0.39 is 0 Å². The van der Waals surface area contributed by atoms with Gasteiger partial charge in [0.2, 0.25) is 5.91 Å². The molecule has 0 aromatic heterocycles. The molecule has 0 bridgehead atoms. The van der Waals surface area contributed by atoms with Gasteiger partial charge in [-0.15, -0.1) is 0 Å². The van der Waals surface area contributed by atoms with Crippen LogP contribution in [0.5, 0.6) is 0 Å². The molecule has 0 aromatic rings. The summed E-state index contributed by atoms with van der Waals surface area (Å²) in [5.74, 6) is -0.124. The van der Waals surface area contributed by atoms with Gasteiger partial charge in [0, 0.05) is 12.6 Å². The third-order valence-corrected chi connectivity index (χ3v) is 1.11. The van der Waals surface area contributed by atoms with E-state index in [4.69, 9.17) is 11.5 Å². The lowest BCUT2D eigenvalue weighted by molar-refractivity contribution is -0.119. The summed E-state index contributed by atoms with van der Waals surface area (Å²) in [6, 6.07) is 0.137. The highest BCUT2D eigenvalue weighted by atomic mass is 16.1. The lowest BCUT2D eigenvalue weighted by Crippen LogP contribution is -2.33. The summed E-state index contributed by atoms with van der Waals surface area (Å²) in [5, 5.41) is 2.62. The predicted octanol–water partition coefficient (Wildman–Crippen LogP) is -1.20. The van der Waals surface area contributed by atoms with E-state index in [0.29, 0.717) is 6.54 Å². The maximum absolute atomic E-state index is 10.5. The molecular weight excluding hydrogens is 130 g/mol. The molecule has 4 nitrogen and oxygen atoms in total. The first-order valence-electron chi connectivity index (χ1n) is 3.39. The van der Waals surface area contributed by atoms with Crippen molar-refractivity contribution < 1.29 is 4.79 Å². The summed E-state index contributed by atoms with van der Waals surface area (Å²) in [4.78, 5) is 10.5. The summed E-state index contributed by atoms with van der Waals surface area (Å²) < 4.78 is 0. The van der Waals surface area contributed by atoms with Crippen LogP contribution in [0.4, 0.5) is 0 Å². The lowest BCUT2D eigenvalue weighted by Gasteiger charge is -2.04. The van der Waals surface area contributed by atoms with Gasteiger partial charge in [-0.3, -0.25) is 4.79 Å². The molecule has 1 atom stereocenters. The number of carbonyl (C=O) groups is 1. The number of carbonyl (C=O) groups excluding carboxylic acids is 1. The van der Waals surface area contributed by atoms with Crippen molar-refractivity contribution in [1.29, 1.82) is 0 Å². The van der Waals surface area contributed by atoms with Crippen LogP contribution in [0.25, 0.3) is 0 Å². The third kappa shape index (κ3) is 5.53. The predicted molar refractivity (Wildman–Crippen MR) is 40.3 cm³/mol. The van der Waals surface area contributed by atoms with E-state index in [-0.39, 0.29) is 18.5 Å². The van der Waals surface area contributed by atoms with Crippen molar-refractivity contribution in [2.24, 2.45) is 11.5 Å². The molecule has 0 aliphatic heterocycles. The van der Waals surface area contributed by atoms with E-state index >= 15 is 0 Å². The first-order valence-corrected chi connectivity index (χ1v) is 3.39. The normalized spacial score (nSPS) is 12.7. The second-order valence-electron chi connectivity index (χ2n) is 2.32. The minimum atomic E-state index is -0.124. The molecule has 4 heteroatoms. The molecule has 0 rings (SSSR count). The molecule has 0 heterocycles. The van der Waals surface area contributed by atoms with Crippen molar-refractivity contribution in [3.05, 3.63) is 0 Å². The van der Waals surface area contributed by atoms with Gasteiger partial charge in [-0.1, -0.05) is 0 Å². The number of amides is 1. The van der Waals surface area contributed by atoms with E-state index in [1.165, 1.54) is 0 Å². The smallest absolute Gasteiger partial charge is 0.233 e. The van der Waals surface area contributed by atoms with E-state index in [1.54, 1.807) is 0 Å². The molecule has 60 valence electrons. The lowest BCUT2D eigenvalue weighted by atomic mass is 10.2. The second kappa shape index (κ2) is 5.20. The summed E-state index contributed by atoms with van der Waals surface area (Å²) in [7, 11) is 0. The van der Waals surface area contributed by atoms with Crippen molar-refractivity contribution in [3.8, 4) is 0 Å². The highest BCUT2D eigenvalue weighted by Crippen LogP contribution is 1.81. The zero-order chi connectivity index (χ0) is 7.98. The van der Waals surface area contributed by atoms with E-state index in [1.807, 2.05) is 6.92 Å². The molecule has 0 radical (unpaired) electrons. The fourth-order valence-corrected chi connectivity index (χ4v) is 0.511. The molecule has 0 aliphatic carbocycles. The number of nitrogens with two attached hydrogens (primary N) is 2. The summed E-state index contributed by atoms with van der Waals surface area (Å²) in [6.07, 6.45) is 0.797.